The SMILES string of the molecule is CC(C)[C@H](CO)[C@H](O)C[C@@H](C)[C@H]1CC=C2[C@@H]3CC=C4C[C@@H](O)[C@H](O)C[C@]4(C)[C@H]3CC[C@@]21C. The van der Waals surface area contributed by atoms with Crippen molar-refractivity contribution in [1.29, 1.82) is 0 Å². The van der Waals surface area contributed by atoms with Gasteiger partial charge in [-0.25, -0.2) is 0 Å². The van der Waals surface area contributed by atoms with Crippen LogP contribution in [-0.2, 0) is 0 Å². The van der Waals surface area contributed by atoms with E-state index in [0.29, 0.717) is 36.5 Å². The molecule has 182 valence electrons. The van der Waals surface area contributed by atoms with Crippen molar-refractivity contribution in [3.8, 4) is 0 Å². The summed E-state index contributed by atoms with van der Waals surface area (Å²) in [5.41, 5.74) is 3.17. The lowest BCUT2D eigenvalue weighted by Gasteiger charge is -2.57. The third-order valence-electron chi connectivity index (χ3n) is 10.5. The molecule has 0 amide bonds. The highest BCUT2D eigenvalue weighted by Gasteiger charge is 2.57. The summed E-state index contributed by atoms with van der Waals surface area (Å²) < 4.78 is 0. The van der Waals surface area contributed by atoms with Crippen LogP contribution < -0.4 is 0 Å². The third-order valence-corrected chi connectivity index (χ3v) is 10.5. The molecule has 0 radical (unpaired) electrons. The predicted octanol–water partition coefficient (Wildman–Crippen LogP) is 4.47. The van der Waals surface area contributed by atoms with Gasteiger partial charge in [0.1, 0.15) is 0 Å². The summed E-state index contributed by atoms with van der Waals surface area (Å²) in [5.74, 6) is 2.25. The van der Waals surface area contributed by atoms with E-state index >= 15 is 0 Å². The molecule has 4 aliphatic carbocycles. The summed E-state index contributed by atoms with van der Waals surface area (Å²) in [6, 6.07) is 0. The van der Waals surface area contributed by atoms with Gasteiger partial charge in [-0.3, -0.25) is 0 Å². The molecular formula is C28H46O4. The summed E-state index contributed by atoms with van der Waals surface area (Å²) in [6.45, 7) is 11.3. The van der Waals surface area contributed by atoms with Crippen LogP contribution in [0.2, 0.25) is 0 Å². The van der Waals surface area contributed by atoms with Crippen molar-refractivity contribution in [2.45, 2.75) is 97.9 Å². The lowest BCUT2D eigenvalue weighted by atomic mass is 9.48. The Bertz CT molecular complexity index is 757. The fourth-order valence-electron chi connectivity index (χ4n) is 8.42. The zero-order valence-electron chi connectivity index (χ0n) is 20.8. The number of aliphatic hydroxyl groups is 4. The molecule has 10 atom stereocenters. The van der Waals surface area contributed by atoms with Gasteiger partial charge < -0.3 is 20.4 Å². The van der Waals surface area contributed by atoms with E-state index in [9.17, 15) is 20.4 Å². The summed E-state index contributed by atoms with van der Waals surface area (Å²) in [7, 11) is 0. The van der Waals surface area contributed by atoms with E-state index in [2.05, 4.69) is 46.8 Å². The van der Waals surface area contributed by atoms with Gasteiger partial charge in [-0.05, 0) is 85.4 Å². The Kier molecular flexibility index (Phi) is 6.75. The first kappa shape index (κ1) is 24.4. The van der Waals surface area contributed by atoms with Crippen LogP contribution in [0.5, 0.6) is 0 Å². The molecule has 2 saturated carbocycles. The molecule has 2 fully saturated rings. The van der Waals surface area contributed by atoms with Crippen molar-refractivity contribution in [2.24, 2.45) is 46.3 Å². The van der Waals surface area contributed by atoms with Gasteiger partial charge in [-0.1, -0.05) is 57.9 Å². The first-order valence-corrected chi connectivity index (χ1v) is 13.1. The number of aliphatic hydroxyl groups excluding tert-OH is 4. The van der Waals surface area contributed by atoms with Crippen LogP contribution in [-0.4, -0.2) is 45.3 Å². The predicted molar refractivity (Wildman–Crippen MR) is 128 cm³/mol. The van der Waals surface area contributed by atoms with E-state index in [4.69, 9.17) is 0 Å². The normalized spacial score (nSPS) is 44.1. The number of fused-ring (bicyclic) bond motifs is 5. The molecule has 0 aromatic carbocycles. The maximum Gasteiger partial charge on any atom is 0.0836 e. The lowest BCUT2D eigenvalue weighted by Crippen LogP contribution is -2.51. The molecule has 0 aromatic rings. The topological polar surface area (TPSA) is 80.9 Å². The van der Waals surface area contributed by atoms with Crippen LogP contribution in [0.4, 0.5) is 0 Å². The fourth-order valence-corrected chi connectivity index (χ4v) is 8.42. The van der Waals surface area contributed by atoms with Gasteiger partial charge >= 0.3 is 0 Å². The first-order valence-electron chi connectivity index (χ1n) is 13.1. The molecule has 0 aliphatic heterocycles. The minimum Gasteiger partial charge on any atom is -0.396 e. The molecule has 4 heteroatoms. The fraction of sp³-hybridized carbons (Fsp3) is 0.857. The summed E-state index contributed by atoms with van der Waals surface area (Å²) in [6.07, 6.45) is 9.76. The zero-order valence-corrected chi connectivity index (χ0v) is 20.8. The van der Waals surface area contributed by atoms with Crippen LogP contribution in [0, 0.1) is 46.3 Å². The van der Waals surface area contributed by atoms with E-state index in [1.165, 1.54) is 18.4 Å². The lowest BCUT2D eigenvalue weighted by molar-refractivity contribution is -0.0593. The quantitative estimate of drug-likeness (QED) is 0.454. The number of rotatable bonds is 6. The molecule has 4 nitrogen and oxygen atoms in total. The molecule has 0 bridgehead atoms. The molecule has 4 aliphatic rings. The van der Waals surface area contributed by atoms with Gasteiger partial charge in [0.15, 0.2) is 0 Å². The standard InChI is InChI=1S/C28H46O4/c1-16(2)20(15-29)24(30)12-17(3)21-8-9-22-19-7-6-18-13-25(31)26(32)14-28(18,5)23(19)10-11-27(21,22)4/h6,9,16-17,19-21,23-26,29-32H,7-8,10-15H2,1-5H3/t17-,19+,20+,21-,23+,24-,25-,26-,27-,28+/m1/s1. The highest BCUT2D eigenvalue weighted by Crippen LogP contribution is 2.65. The first-order chi connectivity index (χ1) is 15.0. The summed E-state index contributed by atoms with van der Waals surface area (Å²) in [4.78, 5) is 0. The van der Waals surface area contributed by atoms with Crippen molar-refractivity contribution >= 4 is 0 Å². The number of hydrogen-bond donors (Lipinski definition) is 4. The Balaban J connectivity index is 1.52. The third kappa shape index (κ3) is 3.83. The Labute approximate surface area is 194 Å². The molecule has 0 heterocycles. The molecule has 4 N–H and O–H groups in total. The van der Waals surface area contributed by atoms with Crippen molar-refractivity contribution in [1.82, 2.24) is 0 Å². The van der Waals surface area contributed by atoms with Gasteiger partial charge in [0.2, 0.25) is 0 Å². The average Bonchev–Trinajstić information content (AvgIpc) is 3.06. The van der Waals surface area contributed by atoms with Gasteiger partial charge in [0.05, 0.1) is 18.3 Å². The van der Waals surface area contributed by atoms with Gasteiger partial charge in [-0.2, -0.15) is 0 Å². The molecule has 0 saturated heterocycles. The second-order valence-electron chi connectivity index (χ2n) is 12.5. The Morgan fingerprint density at radius 1 is 1.03 bits per heavy atom. The summed E-state index contributed by atoms with van der Waals surface area (Å²) in [5, 5.41) is 41.3. The van der Waals surface area contributed by atoms with E-state index in [0.717, 1.165) is 19.3 Å². The van der Waals surface area contributed by atoms with Crippen molar-refractivity contribution in [3.05, 3.63) is 23.3 Å². The molecule has 0 unspecified atom stereocenters. The molecule has 32 heavy (non-hydrogen) atoms. The van der Waals surface area contributed by atoms with E-state index in [-0.39, 0.29) is 29.3 Å². The molecule has 0 aromatic heterocycles. The van der Waals surface area contributed by atoms with Gasteiger partial charge in [0.25, 0.3) is 0 Å². The number of allylic oxidation sites excluding steroid dienone is 3. The Morgan fingerprint density at radius 3 is 2.41 bits per heavy atom. The van der Waals surface area contributed by atoms with Crippen molar-refractivity contribution in [2.75, 3.05) is 6.61 Å². The van der Waals surface area contributed by atoms with Crippen LogP contribution in [0.15, 0.2) is 23.3 Å². The highest BCUT2D eigenvalue weighted by molar-refractivity contribution is 5.35. The largest absolute Gasteiger partial charge is 0.396 e. The minimum atomic E-state index is -0.615. The van der Waals surface area contributed by atoms with E-state index in [1.807, 2.05) is 0 Å². The Morgan fingerprint density at radius 2 is 1.75 bits per heavy atom. The number of hydrogen-bond acceptors (Lipinski definition) is 4. The smallest absolute Gasteiger partial charge is 0.0836 e. The second-order valence-corrected chi connectivity index (χ2v) is 12.5. The average molecular weight is 447 g/mol. The minimum absolute atomic E-state index is 0.00472. The molecule has 0 spiro atoms. The van der Waals surface area contributed by atoms with Crippen LogP contribution in [0.25, 0.3) is 0 Å². The van der Waals surface area contributed by atoms with Gasteiger partial charge in [0, 0.05) is 12.5 Å². The highest BCUT2D eigenvalue weighted by atomic mass is 16.3. The van der Waals surface area contributed by atoms with Crippen molar-refractivity contribution in [3.63, 3.8) is 0 Å². The maximum absolute atomic E-state index is 10.9. The summed E-state index contributed by atoms with van der Waals surface area (Å²) >= 11 is 0. The van der Waals surface area contributed by atoms with Gasteiger partial charge in [-0.15, -0.1) is 0 Å². The second kappa shape index (κ2) is 8.83. The molecular weight excluding hydrogens is 400 g/mol. The van der Waals surface area contributed by atoms with E-state index < -0.39 is 18.3 Å². The van der Waals surface area contributed by atoms with Crippen molar-refractivity contribution < 1.29 is 20.4 Å². The van der Waals surface area contributed by atoms with Crippen LogP contribution in [0.3, 0.4) is 0 Å². The van der Waals surface area contributed by atoms with Crippen LogP contribution >= 0.6 is 0 Å². The monoisotopic (exact) mass is 446 g/mol. The van der Waals surface area contributed by atoms with E-state index in [1.54, 1.807) is 5.57 Å². The molecule has 4 rings (SSSR count). The maximum atomic E-state index is 10.9. The van der Waals surface area contributed by atoms with Crippen LogP contribution in [0.1, 0.15) is 79.6 Å². The zero-order chi connectivity index (χ0) is 23.4. The Hall–Kier alpha value is -0.680.